The van der Waals surface area contributed by atoms with E-state index >= 15 is 0 Å². The lowest BCUT2D eigenvalue weighted by atomic mass is 9.94. The number of carbonyl (C=O) groups is 7. The van der Waals surface area contributed by atoms with Crippen LogP contribution in [0.2, 0.25) is 0 Å². The minimum atomic E-state index is -1.22. The second kappa shape index (κ2) is 48.3. The van der Waals surface area contributed by atoms with Crippen molar-refractivity contribution in [3.8, 4) is 0 Å². The monoisotopic (exact) mass is 1010 g/mol. The van der Waals surface area contributed by atoms with Crippen LogP contribution in [0.1, 0.15) is 285 Å². The van der Waals surface area contributed by atoms with E-state index in [-0.39, 0.29) is 54.8 Å². The molecule has 0 aromatic heterocycles. The SMILES string of the molecule is CCCCCCCCCCCCCCCC(=O)N[C@@H](CSC[C@@H](CCC(=O)CCCCCCCCCCC)CC(=O)CCCCCCCCCCC)C(=O)N[C@@H](CC)C(=O)N[C@H](CCC(=O)O)C(N)=O. The summed E-state index contributed by atoms with van der Waals surface area (Å²) in [5, 5.41) is 17.3. The third kappa shape index (κ3) is 41.6. The maximum Gasteiger partial charge on any atom is 0.303 e. The van der Waals surface area contributed by atoms with E-state index in [1.165, 1.54) is 147 Å². The highest BCUT2D eigenvalue weighted by molar-refractivity contribution is 7.99. The molecule has 0 fully saturated rings. The van der Waals surface area contributed by atoms with Gasteiger partial charge in [-0.15, -0.1) is 0 Å². The third-order valence-electron chi connectivity index (χ3n) is 13.6. The van der Waals surface area contributed by atoms with Gasteiger partial charge in [-0.25, -0.2) is 0 Å². The summed E-state index contributed by atoms with van der Waals surface area (Å²) in [6.45, 7) is 8.39. The summed E-state index contributed by atoms with van der Waals surface area (Å²) in [4.78, 5) is 90.3. The Hall–Kier alpha value is -2.96. The molecule has 70 heavy (non-hydrogen) atoms. The number of amides is 4. The zero-order valence-electron chi connectivity index (χ0n) is 45.3. The summed E-state index contributed by atoms with van der Waals surface area (Å²) in [6.07, 6.45) is 39.1. The predicted octanol–water partition coefficient (Wildman–Crippen LogP) is 13.2. The average Bonchev–Trinajstić information content (AvgIpc) is 3.33. The molecule has 0 spiro atoms. The van der Waals surface area contributed by atoms with Gasteiger partial charge >= 0.3 is 5.97 Å². The van der Waals surface area contributed by atoms with E-state index < -0.39 is 41.8 Å². The molecule has 12 nitrogen and oxygen atoms in total. The number of hydrogen-bond acceptors (Lipinski definition) is 8. The van der Waals surface area contributed by atoms with Crippen LogP contribution in [0.15, 0.2) is 0 Å². The number of carboxylic acids is 1. The van der Waals surface area contributed by atoms with E-state index in [1.807, 2.05) is 0 Å². The maximum absolute atomic E-state index is 13.9. The molecular weight excluding hydrogens is 901 g/mol. The fourth-order valence-corrected chi connectivity index (χ4v) is 10.2. The second-order valence-corrected chi connectivity index (χ2v) is 21.4. The van der Waals surface area contributed by atoms with Crippen LogP contribution in [-0.2, 0) is 33.6 Å². The molecule has 0 unspecified atom stereocenters. The molecule has 13 heteroatoms. The average molecular weight is 1010 g/mol. The molecule has 0 rings (SSSR count). The van der Waals surface area contributed by atoms with Gasteiger partial charge < -0.3 is 26.8 Å². The molecule has 0 saturated carbocycles. The molecule has 0 aromatic rings. The molecule has 0 aromatic carbocycles. The Morgan fingerprint density at radius 3 is 1.21 bits per heavy atom. The summed E-state index contributed by atoms with van der Waals surface area (Å²) >= 11 is 1.47. The summed E-state index contributed by atoms with van der Waals surface area (Å²) in [5.74, 6) is -2.38. The molecule has 4 atom stereocenters. The first-order valence-electron chi connectivity index (χ1n) is 28.9. The molecule has 0 saturated heterocycles. The number of Topliss-reactive ketones (excluding diaryl/α,β-unsaturated/α-hetero) is 2. The topological polar surface area (TPSA) is 202 Å². The van der Waals surface area contributed by atoms with E-state index in [9.17, 15) is 33.6 Å². The summed E-state index contributed by atoms with van der Waals surface area (Å²) in [5.41, 5.74) is 5.46. The quantitative estimate of drug-likeness (QED) is 0.0368. The van der Waals surface area contributed by atoms with E-state index in [0.717, 1.165) is 57.8 Å². The highest BCUT2D eigenvalue weighted by Gasteiger charge is 2.29. The van der Waals surface area contributed by atoms with E-state index in [0.29, 0.717) is 44.3 Å². The van der Waals surface area contributed by atoms with E-state index in [2.05, 4.69) is 36.7 Å². The number of hydrogen-bond donors (Lipinski definition) is 5. The van der Waals surface area contributed by atoms with Crippen LogP contribution in [0.4, 0.5) is 0 Å². The van der Waals surface area contributed by atoms with Crippen molar-refractivity contribution in [2.24, 2.45) is 11.7 Å². The fourth-order valence-electron chi connectivity index (χ4n) is 8.98. The lowest BCUT2D eigenvalue weighted by molar-refractivity contribution is -0.138. The number of primary amides is 1. The van der Waals surface area contributed by atoms with Crippen molar-refractivity contribution in [1.29, 1.82) is 0 Å². The molecule has 408 valence electrons. The van der Waals surface area contributed by atoms with Crippen LogP contribution >= 0.6 is 11.8 Å². The number of nitrogens with one attached hydrogen (secondary N) is 3. The lowest BCUT2D eigenvalue weighted by Crippen LogP contribution is -2.56. The van der Waals surface area contributed by atoms with Crippen molar-refractivity contribution in [3.05, 3.63) is 0 Å². The number of carboxylic acid groups (broad SMARTS) is 1. The second-order valence-electron chi connectivity index (χ2n) is 20.4. The van der Waals surface area contributed by atoms with Crippen LogP contribution in [0.25, 0.3) is 0 Å². The zero-order chi connectivity index (χ0) is 51.9. The van der Waals surface area contributed by atoms with Gasteiger partial charge in [-0.3, -0.25) is 33.6 Å². The lowest BCUT2D eigenvalue weighted by Gasteiger charge is -2.24. The van der Waals surface area contributed by atoms with Crippen molar-refractivity contribution in [2.45, 2.75) is 303 Å². The number of unbranched alkanes of at least 4 members (excludes halogenated alkanes) is 28. The molecule has 0 aliphatic rings. The summed E-state index contributed by atoms with van der Waals surface area (Å²) in [7, 11) is 0. The van der Waals surface area contributed by atoms with Crippen molar-refractivity contribution >= 4 is 52.9 Å². The molecule has 0 aliphatic heterocycles. The smallest absolute Gasteiger partial charge is 0.303 e. The number of rotatable bonds is 53. The van der Waals surface area contributed by atoms with Gasteiger partial charge in [-0.05, 0) is 50.2 Å². The van der Waals surface area contributed by atoms with Gasteiger partial charge in [0, 0.05) is 44.3 Å². The van der Waals surface area contributed by atoms with Gasteiger partial charge in [-0.2, -0.15) is 11.8 Å². The Labute approximate surface area is 431 Å². The van der Waals surface area contributed by atoms with Crippen molar-refractivity contribution in [3.63, 3.8) is 0 Å². The number of carbonyl (C=O) groups excluding carboxylic acids is 6. The summed E-state index contributed by atoms with van der Waals surface area (Å²) in [6, 6.07) is -3.27. The van der Waals surface area contributed by atoms with Crippen LogP contribution in [0, 0.1) is 5.92 Å². The Morgan fingerprint density at radius 2 is 0.800 bits per heavy atom. The molecule has 4 amide bonds. The Bertz CT molecular complexity index is 1370. The van der Waals surface area contributed by atoms with E-state index in [4.69, 9.17) is 10.8 Å². The van der Waals surface area contributed by atoms with Gasteiger partial charge in [0.15, 0.2) is 0 Å². The zero-order valence-corrected chi connectivity index (χ0v) is 46.1. The minimum absolute atomic E-state index is 0.0564. The number of aliphatic carboxylic acids is 1. The molecule has 0 aliphatic carbocycles. The van der Waals surface area contributed by atoms with E-state index in [1.54, 1.807) is 6.92 Å². The minimum Gasteiger partial charge on any atom is -0.481 e. The molecular formula is C57H106N4O8S. The largest absolute Gasteiger partial charge is 0.481 e. The number of ketones is 2. The van der Waals surface area contributed by atoms with Gasteiger partial charge in [0.25, 0.3) is 0 Å². The number of nitrogens with two attached hydrogens (primary N) is 1. The predicted molar refractivity (Wildman–Crippen MR) is 291 cm³/mol. The van der Waals surface area contributed by atoms with Gasteiger partial charge in [0.05, 0.1) is 0 Å². The van der Waals surface area contributed by atoms with Crippen molar-refractivity contribution in [2.75, 3.05) is 11.5 Å². The Morgan fingerprint density at radius 1 is 0.414 bits per heavy atom. The fraction of sp³-hybridized carbons (Fsp3) is 0.877. The first-order chi connectivity index (χ1) is 33.9. The molecule has 0 heterocycles. The van der Waals surface area contributed by atoms with Crippen LogP contribution in [0.3, 0.4) is 0 Å². The van der Waals surface area contributed by atoms with Crippen molar-refractivity contribution in [1.82, 2.24) is 16.0 Å². The number of thioether (sulfide) groups is 1. The van der Waals surface area contributed by atoms with Gasteiger partial charge in [0.2, 0.25) is 23.6 Å². The maximum atomic E-state index is 13.9. The van der Waals surface area contributed by atoms with Crippen LogP contribution < -0.4 is 21.7 Å². The third-order valence-corrected chi connectivity index (χ3v) is 14.9. The first kappa shape index (κ1) is 67.0. The normalized spacial score (nSPS) is 13.0. The first-order valence-corrected chi connectivity index (χ1v) is 30.1. The van der Waals surface area contributed by atoms with Crippen molar-refractivity contribution < 1.29 is 38.7 Å². The summed E-state index contributed by atoms with van der Waals surface area (Å²) < 4.78 is 0. The van der Waals surface area contributed by atoms with Crippen LogP contribution in [-0.4, -0.2) is 75.9 Å². The highest BCUT2D eigenvalue weighted by atomic mass is 32.2. The van der Waals surface area contributed by atoms with Crippen LogP contribution in [0.5, 0.6) is 0 Å². The Balaban J connectivity index is 5.66. The Kier molecular flexibility index (Phi) is 46.3. The standard InChI is InChI=1S/C57H106N4O8S/c1-5-9-12-15-18-21-22-23-24-27-30-33-36-39-53(64)59-52(57(69)60-50(8-4)56(68)61-51(55(58)67)42-43-54(65)66)46-70-45-47(44-49(63)38-35-32-29-26-20-17-14-11-7-3)40-41-48(62)37-34-31-28-25-19-16-13-10-6-2/h47,50-52H,5-46H2,1-4H3,(H2,58,67)(H,59,64)(H,60,69)(H,61,68)(H,65,66)/t47-,50-,51+,52-/m0/s1. The highest BCUT2D eigenvalue weighted by Crippen LogP contribution is 2.23. The van der Waals surface area contributed by atoms with Gasteiger partial charge in [-0.1, -0.05) is 207 Å². The van der Waals surface area contributed by atoms with Gasteiger partial charge in [0.1, 0.15) is 29.7 Å². The molecule has 6 N–H and O–H groups in total. The molecule has 0 bridgehead atoms. The molecule has 0 radical (unpaired) electrons.